The molecule has 1 aliphatic heterocycles. The lowest BCUT2D eigenvalue weighted by molar-refractivity contribution is 0.0950. The number of benzene rings is 1. The molecule has 138 valence electrons. The summed E-state index contributed by atoms with van der Waals surface area (Å²) in [5.41, 5.74) is 3.39. The van der Waals surface area contributed by atoms with E-state index in [1.54, 1.807) is 0 Å². The predicted octanol–water partition coefficient (Wildman–Crippen LogP) is 1.62. The first kappa shape index (κ1) is 18.1. The second-order valence-electron chi connectivity index (χ2n) is 6.52. The van der Waals surface area contributed by atoms with Gasteiger partial charge in [0.1, 0.15) is 0 Å². The average Bonchev–Trinajstić information content (AvgIpc) is 2.66. The summed E-state index contributed by atoms with van der Waals surface area (Å²) in [5, 5.41) is 2.94. The van der Waals surface area contributed by atoms with Gasteiger partial charge in [0.2, 0.25) is 5.95 Å². The highest BCUT2D eigenvalue weighted by atomic mass is 16.5. The van der Waals surface area contributed by atoms with Gasteiger partial charge < -0.3 is 19.9 Å². The summed E-state index contributed by atoms with van der Waals surface area (Å²) in [7, 11) is 3.94. The van der Waals surface area contributed by atoms with Crippen LogP contribution in [0.25, 0.3) is 0 Å². The molecule has 0 aliphatic carbocycles. The highest BCUT2D eigenvalue weighted by Gasteiger charge is 2.15. The van der Waals surface area contributed by atoms with E-state index in [4.69, 9.17) is 4.74 Å². The molecule has 0 unspecified atom stereocenters. The summed E-state index contributed by atoms with van der Waals surface area (Å²) in [4.78, 5) is 25.6. The number of carbonyl (C=O) groups is 1. The SMILES string of the molecule is Cc1cc(CNC(=O)c2ccc(N(C)C)cc2)nc(N2CCOCC2)n1. The number of anilines is 2. The number of carbonyl (C=O) groups excluding carboxylic acids is 1. The van der Waals surface area contributed by atoms with Crippen molar-refractivity contribution in [3.8, 4) is 0 Å². The van der Waals surface area contributed by atoms with Crippen LogP contribution in [0.5, 0.6) is 0 Å². The van der Waals surface area contributed by atoms with Gasteiger partial charge in [-0.1, -0.05) is 0 Å². The number of nitrogens with one attached hydrogen (secondary N) is 1. The highest BCUT2D eigenvalue weighted by molar-refractivity contribution is 5.94. The summed E-state index contributed by atoms with van der Waals surface area (Å²) >= 11 is 0. The summed E-state index contributed by atoms with van der Waals surface area (Å²) < 4.78 is 5.38. The molecule has 1 fully saturated rings. The van der Waals surface area contributed by atoms with E-state index in [-0.39, 0.29) is 5.91 Å². The van der Waals surface area contributed by atoms with Crippen LogP contribution >= 0.6 is 0 Å². The summed E-state index contributed by atoms with van der Waals surface area (Å²) in [6.45, 7) is 5.26. The Hall–Kier alpha value is -2.67. The van der Waals surface area contributed by atoms with Crippen molar-refractivity contribution >= 4 is 17.5 Å². The Morgan fingerprint density at radius 1 is 1.19 bits per heavy atom. The van der Waals surface area contributed by atoms with Crippen LogP contribution in [0.15, 0.2) is 30.3 Å². The number of ether oxygens (including phenoxy) is 1. The molecule has 0 atom stereocenters. The fraction of sp³-hybridized carbons (Fsp3) is 0.421. The number of hydrogen-bond acceptors (Lipinski definition) is 6. The predicted molar refractivity (Wildman–Crippen MR) is 102 cm³/mol. The summed E-state index contributed by atoms with van der Waals surface area (Å²) in [6, 6.07) is 9.42. The second-order valence-corrected chi connectivity index (χ2v) is 6.52. The largest absolute Gasteiger partial charge is 0.378 e. The first-order valence-corrected chi connectivity index (χ1v) is 8.76. The number of aromatic nitrogens is 2. The molecule has 0 radical (unpaired) electrons. The molecule has 0 saturated carbocycles. The molecule has 3 rings (SSSR count). The normalized spacial score (nSPS) is 14.2. The van der Waals surface area contributed by atoms with Crippen LogP contribution in [0, 0.1) is 6.92 Å². The number of rotatable bonds is 5. The third kappa shape index (κ3) is 4.49. The van der Waals surface area contributed by atoms with Gasteiger partial charge >= 0.3 is 0 Å². The molecule has 2 heterocycles. The van der Waals surface area contributed by atoms with Crippen molar-refractivity contribution < 1.29 is 9.53 Å². The van der Waals surface area contributed by atoms with E-state index in [1.807, 2.05) is 56.3 Å². The minimum absolute atomic E-state index is 0.112. The number of hydrogen-bond donors (Lipinski definition) is 1. The third-order valence-electron chi connectivity index (χ3n) is 4.27. The number of amides is 1. The van der Waals surface area contributed by atoms with Crippen LogP contribution in [-0.4, -0.2) is 56.3 Å². The Balaban J connectivity index is 1.65. The minimum atomic E-state index is -0.112. The zero-order valence-corrected chi connectivity index (χ0v) is 15.5. The van der Waals surface area contributed by atoms with Crippen molar-refractivity contribution in [3.63, 3.8) is 0 Å². The molecule has 2 aromatic rings. The van der Waals surface area contributed by atoms with E-state index >= 15 is 0 Å². The van der Waals surface area contributed by atoms with Crippen molar-refractivity contribution in [2.45, 2.75) is 13.5 Å². The lowest BCUT2D eigenvalue weighted by Gasteiger charge is -2.27. The summed E-state index contributed by atoms with van der Waals surface area (Å²) in [5.74, 6) is 0.590. The quantitative estimate of drug-likeness (QED) is 0.879. The fourth-order valence-corrected chi connectivity index (χ4v) is 2.80. The van der Waals surface area contributed by atoms with Crippen molar-refractivity contribution in [2.75, 3.05) is 50.2 Å². The summed E-state index contributed by atoms with van der Waals surface area (Å²) in [6.07, 6.45) is 0. The Morgan fingerprint density at radius 2 is 1.88 bits per heavy atom. The Morgan fingerprint density at radius 3 is 2.54 bits per heavy atom. The topological polar surface area (TPSA) is 70.6 Å². The lowest BCUT2D eigenvalue weighted by atomic mass is 10.2. The molecule has 1 amide bonds. The van der Waals surface area contributed by atoms with E-state index in [9.17, 15) is 4.79 Å². The van der Waals surface area contributed by atoms with Gasteiger partial charge in [-0.25, -0.2) is 9.97 Å². The number of nitrogens with zero attached hydrogens (tertiary/aromatic N) is 4. The zero-order chi connectivity index (χ0) is 18.5. The molecule has 0 spiro atoms. The monoisotopic (exact) mass is 355 g/mol. The van der Waals surface area contributed by atoms with Gasteiger partial charge in [-0.2, -0.15) is 0 Å². The van der Waals surface area contributed by atoms with Gasteiger partial charge in [-0.15, -0.1) is 0 Å². The van der Waals surface area contributed by atoms with E-state index < -0.39 is 0 Å². The van der Waals surface area contributed by atoms with Crippen LogP contribution in [-0.2, 0) is 11.3 Å². The molecule has 0 bridgehead atoms. The molecule has 1 aromatic carbocycles. The minimum Gasteiger partial charge on any atom is -0.378 e. The molecule has 26 heavy (non-hydrogen) atoms. The maximum absolute atomic E-state index is 12.4. The van der Waals surface area contributed by atoms with Gasteiger partial charge in [-0.3, -0.25) is 4.79 Å². The van der Waals surface area contributed by atoms with E-state index in [2.05, 4.69) is 20.2 Å². The first-order chi connectivity index (χ1) is 12.5. The van der Waals surface area contributed by atoms with Gasteiger partial charge in [0.05, 0.1) is 25.5 Å². The first-order valence-electron chi connectivity index (χ1n) is 8.76. The van der Waals surface area contributed by atoms with Crippen LogP contribution < -0.4 is 15.1 Å². The molecule has 1 N–H and O–H groups in total. The molecular weight excluding hydrogens is 330 g/mol. The Bertz CT molecular complexity index is 755. The average molecular weight is 355 g/mol. The van der Waals surface area contributed by atoms with Crippen molar-refractivity contribution in [3.05, 3.63) is 47.3 Å². The molecule has 7 heteroatoms. The zero-order valence-electron chi connectivity index (χ0n) is 15.5. The van der Waals surface area contributed by atoms with Crippen LogP contribution in [0.3, 0.4) is 0 Å². The number of morpholine rings is 1. The standard InChI is InChI=1S/C19H25N5O2/c1-14-12-16(22-19(21-14)24-8-10-26-11-9-24)13-20-18(25)15-4-6-17(7-5-15)23(2)3/h4-7,12H,8-11,13H2,1-3H3,(H,20,25). The smallest absolute Gasteiger partial charge is 0.251 e. The van der Waals surface area contributed by atoms with Gasteiger partial charge in [0.25, 0.3) is 5.91 Å². The fourth-order valence-electron chi connectivity index (χ4n) is 2.80. The van der Waals surface area contributed by atoms with Crippen LogP contribution in [0.1, 0.15) is 21.7 Å². The van der Waals surface area contributed by atoms with Crippen LogP contribution in [0.2, 0.25) is 0 Å². The van der Waals surface area contributed by atoms with Crippen LogP contribution in [0.4, 0.5) is 11.6 Å². The molecule has 1 saturated heterocycles. The molecular formula is C19H25N5O2. The Kier molecular flexibility index (Phi) is 5.68. The van der Waals surface area contributed by atoms with Gasteiger partial charge in [-0.05, 0) is 37.3 Å². The van der Waals surface area contributed by atoms with Crippen molar-refractivity contribution in [1.29, 1.82) is 0 Å². The number of aryl methyl sites for hydroxylation is 1. The second kappa shape index (κ2) is 8.14. The maximum Gasteiger partial charge on any atom is 0.251 e. The Labute approximate surface area is 154 Å². The van der Waals surface area contributed by atoms with Gasteiger partial charge in [0, 0.05) is 44.1 Å². The van der Waals surface area contributed by atoms with Gasteiger partial charge in [0.15, 0.2) is 0 Å². The highest BCUT2D eigenvalue weighted by Crippen LogP contribution is 2.14. The maximum atomic E-state index is 12.4. The molecule has 1 aliphatic rings. The van der Waals surface area contributed by atoms with Crippen molar-refractivity contribution in [2.24, 2.45) is 0 Å². The lowest BCUT2D eigenvalue weighted by Crippen LogP contribution is -2.37. The van der Waals surface area contributed by atoms with Crippen molar-refractivity contribution in [1.82, 2.24) is 15.3 Å². The van der Waals surface area contributed by atoms with E-state index in [0.717, 1.165) is 30.2 Å². The molecule has 7 nitrogen and oxygen atoms in total. The van der Waals surface area contributed by atoms with E-state index in [1.165, 1.54) is 0 Å². The molecule has 1 aromatic heterocycles. The van der Waals surface area contributed by atoms with E-state index in [0.29, 0.717) is 31.3 Å². The third-order valence-corrected chi connectivity index (χ3v) is 4.27.